The first-order valence-corrected chi connectivity index (χ1v) is 5.91. The molecule has 0 amide bonds. The summed E-state index contributed by atoms with van der Waals surface area (Å²) >= 11 is 0. The highest BCUT2D eigenvalue weighted by Crippen LogP contribution is 2.26. The maximum atomic E-state index is 13.5. The summed E-state index contributed by atoms with van der Waals surface area (Å²) in [5.41, 5.74) is 0.305. The van der Waals surface area contributed by atoms with Crippen LogP contribution in [0.5, 0.6) is 0 Å². The molecule has 1 fully saturated rings. The van der Waals surface area contributed by atoms with Crippen molar-refractivity contribution >= 4 is 5.97 Å². The molecular weight excluding hydrogens is 240 g/mol. The normalized spacial score (nSPS) is 19.6. The van der Waals surface area contributed by atoms with E-state index in [1.54, 1.807) is 0 Å². The zero-order chi connectivity index (χ0) is 13.1. The molecule has 98 valence electrons. The molecule has 1 aromatic rings. The summed E-state index contributed by atoms with van der Waals surface area (Å²) in [7, 11) is 1.15. The van der Waals surface area contributed by atoms with Crippen LogP contribution < -0.4 is 5.32 Å². The minimum Gasteiger partial charge on any atom is -0.465 e. The van der Waals surface area contributed by atoms with Gasteiger partial charge >= 0.3 is 5.97 Å². The lowest BCUT2D eigenvalue weighted by molar-refractivity contribution is 0.0594. The van der Waals surface area contributed by atoms with E-state index in [4.69, 9.17) is 0 Å². The van der Waals surface area contributed by atoms with Gasteiger partial charge in [-0.25, -0.2) is 13.6 Å². The van der Waals surface area contributed by atoms with E-state index in [1.165, 1.54) is 12.1 Å². The van der Waals surface area contributed by atoms with Crippen molar-refractivity contribution in [1.29, 1.82) is 0 Å². The van der Waals surface area contributed by atoms with Crippen molar-refractivity contribution in [2.75, 3.05) is 20.2 Å². The number of piperidine rings is 1. The zero-order valence-electron chi connectivity index (χ0n) is 10.1. The molecule has 2 rings (SSSR count). The molecule has 1 aliphatic heterocycles. The summed E-state index contributed by atoms with van der Waals surface area (Å²) < 4.78 is 31.4. The second-order valence-electron chi connectivity index (χ2n) is 4.40. The Bertz CT molecular complexity index is 457. The molecule has 18 heavy (non-hydrogen) atoms. The van der Waals surface area contributed by atoms with Crippen LogP contribution in [-0.4, -0.2) is 26.2 Å². The number of benzene rings is 1. The van der Waals surface area contributed by atoms with Crippen molar-refractivity contribution in [3.05, 3.63) is 34.9 Å². The fraction of sp³-hybridized carbons (Fsp3) is 0.462. The monoisotopic (exact) mass is 255 g/mol. The van der Waals surface area contributed by atoms with Crippen LogP contribution in [0.15, 0.2) is 12.1 Å². The first-order valence-electron chi connectivity index (χ1n) is 5.91. The van der Waals surface area contributed by atoms with E-state index in [0.29, 0.717) is 12.1 Å². The number of hydrogen-bond donors (Lipinski definition) is 1. The molecular formula is C13H15F2NO2. The van der Waals surface area contributed by atoms with E-state index < -0.39 is 17.6 Å². The Balaban J connectivity index is 2.36. The average molecular weight is 255 g/mol. The Morgan fingerprint density at radius 1 is 1.44 bits per heavy atom. The van der Waals surface area contributed by atoms with Crippen molar-refractivity contribution in [2.45, 2.75) is 18.8 Å². The lowest BCUT2D eigenvalue weighted by atomic mass is 9.90. The van der Waals surface area contributed by atoms with E-state index in [1.807, 2.05) is 0 Å². The number of carbonyl (C=O) groups is 1. The molecule has 1 atom stereocenters. The van der Waals surface area contributed by atoms with Gasteiger partial charge in [-0.1, -0.05) is 0 Å². The van der Waals surface area contributed by atoms with Crippen LogP contribution in [-0.2, 0) is 4.74 Å². The lowest BCUT2D eigenvalue weighted by Gasteiger charge is -2.23. The average Bonchev–Trinajstić information content (AvgIpc) is 2.41. The Hall–Kier alpha value is -1.49. The summed E-state index contributed by atoms with van der Waals surface area (Å²) in [6.45, 7) is 1.65. The van der Waals surface area contributed by atoms with Crippen molar-refractivity contribution in [2.24, 2.45) is 0 Å². The molecule has 3 nitrogen and oxygen atoms in total. The van der Waals surface area contributed by atoms with Crippen LogP contribution in [0.3, 0.4) is 0 Å². The smallest absolute Gasteiger partial charge is 0.340 e. The highest BCUT2D eigenvalue weighted by molar-refractivity contribution is 5.89. The molecule has 1 aliphatic rings. The molecule has 1 unspecified atom stereocenters. The van der Waals surface area contributed by atoms with Crippen molar-refractivity contribution in [1.82, 2.24) is 5.32 Å². The molecule has 1 heterocycles. The van der Waals surface area contributed by atoms with Gasteiger partial charge in [0, 0.05) is 6.54 Å². The van der Waals surface area contributed by atoms with Crippen molar-refractivity contribution < 1.29 is 18.3 Å². The van der Waals surface area contributed by atoms with Gasteiger partial charge in [0.2, 0.25) is 0 Å². The van der Waals surface area contributed by atoms with Crippen LogP contribution in [0.1, 0.15) is 34.7 Å². The zero-order valence-corrected chi connectivity index (χ0v) is 10.1. The summed E-state index contributed by atoms with van der Waals surface area (Å²) in [6, 6.07) is 2.56. The quantitative estimate of drug-likeness (QED) is 0.823. The third-order valence-corrected chi connectivity index (χ3v) is 3.22. The first kappa shape index (κ1) is 13.0. The molecule has 0 aliphatic carbocycles. The standard InChI is InChI=1S/C13H15F2NO2/c1-18-13(17)10-5-9(6-11(14)12(10)15)8-3-2-4-16-7-8/h5-6,8,16H,2-4,7H2,1H3. The van der Waals surface area contributed by atoms with Gasteiger partial charge in [-0.05, 0) is 43.0 Å². The fourth-order valence-electron chi connectivity index (χ4n) is 2.24. The number of hydrogen-bond acceptors (Lipinski definition) is 3. The summed E-state index contributed by atoms with van der Waals surface area (Å²) in [6.07, 6.45) is 1.88. The number of nitrogens with one attached hydrogen (secondary N) is 1. The van der Waals surface area contributed by atoms with Crippen LogP contribution in [0.25, 0.3) is 0 Å². The molecule has 5 heteroatoms. The molecule has 0 radical (unpaired) electrons. The van der Waals surface area contributed by atoms with Crippen LogP contribution in [0.2, 0.25) is 0 Å². The van der Waals surface area contributed by atoms with Crippen molar-refractivity contribution in [3.8, 4) is 0 Å². The first-order chi connectivity index (χ1) is 8.63. The third kappa shape index (κ3) is 2.51. The van der Waals surface area contributed by atoms with Gasteiger partial charge in [-0.15, -0.1) is 0 Å². The molecule has 1 saturated heterocycles. The SMILES string of the molecule is COC(=O)c1cc(C2CCCNC2)cc(F)c1F. The Morgan fingerprint density at radius 2 is 2.22 bits per heavy atom. The number of carbonyl (C=O) groups excluding carboxylic acids is 1. The van der Waals surface area contributed by atoms with Gasteiger partial charge in [0.15, 0.2) is 11.6 Å². The van der Waals surface area contributed by atoms with Crippen LogP contribution >= 0.6 is 0 Å². The minimum absolute atomic E-state index is 0.109. The molecule has 0 bridgehead atoms. The largest absolute Gasteiger partial charge is 0.465 e. The lowest BCUT2D eigenvalue weighted by Crippen LogP contribution is -2.28. The Kier molecular flexibility index (Phi) is 3.91. The maximum absolute atomic E-state index is 13.5. The summed E-state index contributed by atoms with van der Waals surface area (Å²) in [5.74, 6) is -2.89. The summed E-state index contributed by atoms with van der Waals surface area (Å²) in [5, 5.41) is 3.20. The molecule has 0 spiro atoms. The van der Waals surface area contributed by atoms with Crippen LogP contribution in [0, 0.1) is 11.6 Å². The van der Waals surface area contributed by atoms with E-state index in [2.05, 4.69) is 10.1 Å². The number of rotatable bonds is 2. The van der Waals surface area contributed by atoms with E-state index in [-0.39, 0.29) is 11.5 Å². The maximum Gasteiger partial charge on any atom is 0.340 e. The second-order valence-corrected chi connectivity index (χ2v) is 4.40. The topological polar surface area (TPSA) is 38.3 Å². The van der Waals surface area contributed by atoms with Gasteiger partial charge in [0.1, 0.15) is 0 Å². The predicted molar refractivity (Wildman–Crippen MR) is 62.5 cm³/mol. The molecule has 1 N–H and O–H groups in total. The van der Waals surface area contributed by atoms with Gasteiger partial charge in [0.25, 0.3) is 0 Å². The number of ether oxygens (including phenoxy) is 1. The number of esters is 1. The highest BCUT2D eigenvalue weighted by Gasteiger charge is 2.22. The summed E-state index contributed by atoms with van der Waals surface area (Å²) in [4.78, 5) is 11.4. The fourth-order valence-corrected chi connectivity index (χ4v) is 2.24. The van der Waals surface area contributed by atoms with Gasteiger partial charge in [-0.2, -0.15) is 0 Å². The highest BCUT2D eigenvalue weighted by atomic mass is 19.2. The second kappa shape index (κ2) is 5.44. The van der Waals surface area contributed by atoms with E-state index >= 15 is 0 Å². The number of methoxy groups -OCH3 is 1. The van der Waals surface area contributed by atoms with E-state index in [9.17, 15) is 13.6 Å². The van der Waals surface area contributed by atoms with Gasteiger partial charge in [-0.3, -0.25) is 0 Å². The minimum atomic E-state index is -1.14. The Labute approximate surface area is 104 Å². The molecule has 0 saturated carbocycles. The van der Waals surface area contributed by atoms with Gasteiger partial charge in [0.05, 0.1) is 12.7 Å². The van der Waals surface area contributed by atoms with Crippen molar-refractivity contribution in [3.63, 3.8) is 0 Å². The number of halogens is 2. The third-order valence-electron chi connectivity index (χ3n) is 3.22. The van der Waals surface area contributed by atoms with Crippen LogP contribution in [0.4, 0.5) is 8.78 Å². The molecule has 1 aromatic carbocycles. The predicted octanol–water partition coefficient (Wildman–Crippen LogP) is 2.22. The van der Waals surface area contributed by atoms with E-state index in [0.717, 1.165) is 26.5 Å². The molecule has 0 aromatic heterocycles. The Morgan fingerprint density at radius 3 is 2.83 bits per heavy atom. The van der Waals surface area contributed by atoms with Gasteiger partial charge < -0.3 is 10.1 Å².